The van der Waals surface area contributed by atoms with Gasteiger partial charge in [-0.15, -0.1) is 0 Å². The number of nitrogens with zero attached hydrogens (tertiary/aromatic N) is 2. The summed E-state index contributed by atoms with van der Waals surface area (Å²) in [6, 6.07) is 12.8. The molecular formula is C19H16N2O6. The number of ether oxygens (including phenoxy) is 1. The van der Waals surface area contributed by atoms with Crippen LogP contribution in [0.2, 0.25) is 0 Å². The highest BCUT2D eigenvalue weighted by Gasteiger charge is 2.24. The third-order valence-corrected chi connectivity index (χ3v) is 4.10. The van der Waals surface area contributed by atoms with Gasteiger partial charge in [0.15, 0.2) is 5.56 Å². The number of nitro benzene ring substituents is 1. The largest absolute Gasteiger partial charge is 0.506 e. The van der Waals surface area contributed by atoms with E-state index in [1.54, 1.807) is 31.2 Å². The smallest absolute Gasteiger partial charge is 0.347 e. The van der Waals surface area contributed by atoms with E-state index in [-0.39, 0.29) is 29.7 Å². The van der Waals surface area contributed by atoms with E-state index in [9.17, 15) is 24.8 Å². The molecule has 1 aromatic heterocycles. The van der Waals surface area contributed by atoms with Crippen LogP contribution < -0.4 is 5.56 Å². The molecule has 0 spiro atoms. The average Bonchev–Trinajstić information content (AvgIpc) is 2.66. The number of carbonyl (C=O) groups excluding carboxylic acids is 1. The fourth-order valence-electron chi connectivity index (χ4n) is 2.85. The first-order valence-electron chi connectivity index (χ1n) is 8.19. The molecule has 0 aliphatic carbocycles. The number of pyridine rings is 1. The minimum atomic E-state index is -0.977. The van der Waals surface area contributed by atoms with Gasteiger partial charge in [-0.25, -0.2) is 4.79 Å². The predicted molar refractivity (Wildman–Crippen MR) is 98.0 cm³/mol. The molecule has 138 valence electrons. The lowest BCUT2D eigenvalue weighted by molar-refractivity contribution is -0.384. The Labute approximate surface area is 153 Å². The van der Waals surface area contributed by atoms with Gasteiger partial charge in [0.25, 0.3) is 11.2 Å². The second-order valence-corrected chi connectivity index (χ2v) is 5.78. The van der Waals surface area contributed by atoms with E-state index in [0.29, 0.717) is 0 Å². The molecule has 3 rings (SSSR count). The second-order valence-electron chi connectivity index (χ2n) is 5.78. The van der Waals surface area contributed by atoms with Gasteiger partial charge in [0.1, 0.15) is 5.75 Å². The molecule has 0 atom stereocenters. The number of rotatable bonds is 5. The van der Waals surface area contributed by atoms with Crippen molar-refractivity contribution in [3.8, 4) is 5.75 Å². The first-order chi connectivity index (χ1) is 12.9. The number of esters is 1. The maximum atomic E-state index is 12.9. The molecule has 8 heteroatoms. The zero-order valence-electron chi connectivity index (χ0n) is 14.4. The Morgan fingerprint density at radius 2 is 1.93 bits per heavy atom. The summed E-state index contributed by atoms with van der Waals surface area (Å²) in [4.78, 5) is 35.6. The summed E-state index contributed by atoms with van der Waals surface area (Å²) in [6.07, 6.45) is 0. The Morgan fingerprint density at radius 3 is 2.56 bits per heavy atom. The van der Waals surface area contributed by atoms with Gasteiger partial charge in [-0.3, -0.25) is 14.9 Å². The van der Waals surface area contributed by atoms with Crippen LogP contribution in [-0.2, 0) is 11.3 Å². The van der Waals surface area contributed by atoms with E-state index in [1.165, 1.54) is 16.7 Å². The van der Waals surface area contributed by atoms with Crippen LogP contribution >= 0.6 is 0 Å². The van der Waals surface area contributed by atoms with Crippen LogP contribution in [0.3, 0.4) is 0 Å². The number of fused-ring (bicyclic) bond motifs is 1. The SMILES string of the molecule is CCOC(=O)c1c(O)c2cc([N+](=O)[O-])ccc2n(Cc2ccccc2)c1=O. The van der Waals surface area contributed by atoms with Gasteiger partial charge in [-0.05, 0) is 18.6 Å². The first kappa shape index (κ1) is 18.1. The summed E-state index contributed by atoms with van der Waals surface area (Å²) in [5.41, 5.74) is -0.464. The Morgan fingerprint density at radius 1 is 1.22 bits per heavy atom. The normalized spacial score (nSPS) is 10.7. The van der Waals surface area contributed by atoms with Crippen LogP contribution in [0, 0.1) is 10.1 Å². The molecule has 0 amide bonds. The quantitative estimate of drug-likeness (QED) is 0.421. The third kappa shape index (κ3) is 3.37. The van der Waals surface area contributed by atoms with Crippen molar-refractivity contribution in [2.75, 3.05) is 6.61 Å². The van der Waals surface area contributed by atoms with Gasteiger partial charge >= 0.3 is 5.97 Å². The van der Waals surface area contributed by atoms with Crippen molar-refractivity contribution in [2.45, 2.75) is 13.5 Å². The van der Waals surface area contributed by atoms with Gasteiger partial charge in [0.05, 0.1) is 23.6 Å². The molecule has 0 aliphatic heterocycles. The van der Waals surface area contributed by atoms with Crippen LogP contribution in [0.25, 0.3) is 10.9 Å². The molecule has 0 fully saturated rings. The maximum absolute atomic E-state index is 12.9. The van der Waals surface area contributed by atoms with Crippen molar-refractivity contribution >= 4 is 22.6 Å². The molecule has 27 heavy (non-hydrogen) atoms. The van der Waals surface area contributed by atoms with Crippen LogP contribution in [0.1, 0.15) is 22.8 Å². The van der Waals surface area contributed by atoms with E-state index in [4.69, 9.17) is 4.74 Å². The van der Waals surface area contributed by atoms with Gasteiger partial charge in [-0.2, -0.15) is 0 Å². The summed E-state index contributed by atoms with van der Waals surface area (Å²) in [7, 11) is 0. The lowest BCUT2D eigenvalue weighted by Gasteiger charge is -2.14. The minimum Gasteiger partial charge on any atom is -0.506 e. The van der Waals surface area contributed by atoms with Gasteiger partial charge < -0.3 is 14.4 Å². The average molecular weight is 368 g/mol. The fourth-order valence-corrected chi connectivity index (χ4v) is 2.85. The Kier molecular flexibility index (Phi) is 4.89. The van der Waals surface area contributed by atoms with Crippen molar-refractivity contribution in [3.05, 3.63) is 80.1 Å². The molecule has 0 unspecified atom stereocenters. The highest BCUT2D eigenvalue weighted by atomic mass is 16.6. The van der Waals surface area contributed by atoms with Gasteiger partial charge in [0, 0.05) is 17.5 Å². The topological polar surface area (TPSA) is 112 Å². The summed E-state index contributed by atoms with van der Waals surface area (Å²) in [5.74, 6) is -1.60. The van der Waals surface area contributed by atoms with E-state index in [0.717, 1.165) is 11.6 Å². The van der Waals surface area contributed by atoms with Crippen molar-refractivity contribution in [3.63, 3.8) is 0 Å². The standard InChI is InChI=1S/C19H16N2O6/c1-2-27-19(24)16-17(22)14-10-13(21(25)26)8-9-15(14)20(18(16)23)11-12-6-4-3-5-7-12/h3-10,22H,2,11H2,1H3. The monoisotopic (exact) mass is 368 g/mol. The fraction of sp³-hybridized carbons (Fsp3) is 0.158. The van der Waals surface area contributed by atoms with Crippen molar-refractivity contribution in [1.29, 1.82) is 0 Å². The molecule has 0 bridgehead atoms. The van der Waals surface area contributed by atoms with E-state index in [1.807, 2.05) is 6.07 Å². The van der Waals surface area contributed by atoms with Gasteiger partial charge in [-0.1, -0.05) is 30.3 Å². The van der Waals surface area contributed by atoms with Gasteiger partial charge in [0.2, 0.25) is 0 Å². The van der Waals surface area contributed by atoms with Crippen LogP contribution in [-0.4, -0.2) is 27.2 Å². The number of nitro groups is 1. The van der Waals surface area contributed by atoms with Crippen molar-refractivity contribution in [2.24, 2.45) is 0 Å². The number of carbonyl (C=O) groups is 1. The maximum Gasteiger partial charge on any atom is 0.347 e. The van der Waals surface area contributed by atoms with Crippen LogP contribution in [0.15, 0.2) is 53.3 Å². The number of aromatic hydroxyl groups is 1. The lowest BCUT2D eigenvalue weighted by Crippen LogP contribution is -2.28. The first-order valence-corrected chi connectivity index (χ1v) is 8.19. The van der Waals surface area contributed by atoms with E-state index in [2.05, 4.69) is 0 Å². The third-order valence-electron chi connectivity index (χ3n) is 4.10. The summed E-state index contributed by atoms with van der Waals surface area (Å²) in [5, 5.41) is 21.6. The molecular weight excluding hydrogens is 352 g/mol. The second kappa shape index (κ2) is 7.28. The Balaban J connectivity index is 2.33. The highest BCUT2D eigenvalue weighted by molar-refractivity contribution is 6.00. The van der Waals surface area contributed by atoms with Crippen molar-refractivity contribution < 1.29 is 19.6 Å². The molecule has 0 radical (unpaired) electrons. The van der Waals surface area contributed by atoms with E-state index >= 15 is 0 Å². The van der Waals surface area contributed by atoms with Crippen molar-refractivity contribution in [1.82, 2.24) is 4.57 Å². The number of hydrogen-bond donors (Lipinski definition) is 1. The molecule has 8 nitrogen and oxygen atoms in total. The summed E-state index contributed by atoms with van der Waals surface area (Å²) in [6.45, 7) is 1.72. The predicted octanol–water partition coefficient (Wildman–Crippen LogP) is 2.84. The summed E-state index contributed by atoms with van der Waals surface area (Å²) < 4.78 is 6.17. The lowest BCUT2D eigenvalue weighted by atomic mass is 10.1. The van der Waals surface area contributed by atoms with E-state index < -0.39 is 27.8 Å². The highest BCUT2D eigenvalue weighted by Crippen LogP contribution is 2.30. The number of non-ortho nitro benzene ring substituents is 1. The van der Waals surface area contributed by atoms with Crippen LogP contribution in [0.5, 0.6) is 5.75 Å². The Hall–Kier alpha value is -3.68. The molecule has 0 saturated carbocycles. The summed E-state index contributed by atoms with van der Waals surface area (Å²) >= 11 is 0. The number of hydrogen-bond acceptors (Lipinski definition) is 6. The molecule has 3 aromatic rings. The molecule has 0 aliphatic rings. The number of benzene rings is 2. The Bertz CT molecular complexity index is 1090. The molecule has 0 saturated heterocycles. The zero-order chi connectivity index (χ0) is 19.6. The zero-order valence-corrected chi connectivity index (χ0v) is 14.4. The number of aromatic nitrogens is 1. The molecule has 2 aromatic carbocycles. The molecule has 1 N–H and O–H groups in total. The minimum absolute atomic E-state index is 0.0172. The van der Waals surface area contributed by atoms with Crippen LogP contribution in [0.4, 0.5) is 5.69 Å². The molecule has 1 heterocycles.